The molecular weight excluding hydrogens is 234 g/mol. The number of rotatable bonds is 5. The second-order valence-corrected chi connectivity index (χ2v) is 4.72. The Labute approximate surface area is 115 Å². The summed E-state index contributed by atoms with van der Waals surface area (Å²) >= 11 is 0. The van der Waals surface area contributed by atoms with E-state index in [-0.39, 0.29) is 6.10 Å². The van der Waals surface area contributed by atoms with Crippen LogP contribution in [0.4, 0.5) is 0 Å². The number of hydrogen-bond donors (Lipinski definition) is 1. The lowest BCUT2D eigenvalue weighted by Crippen LogP contribution is -2.19. The minimum absolute atomic E-state index is 0.0902. The average Bonchev–Trinajstić information content (AvgIpc) is 2.45. The van der Waals surface area contributed by atoms with Crippen LogP contribution in [0.25, 0.3) is 0 Å². The predicted octanol–water partition coefficient (Wildman–Crippen LogP) is 3.64. The van der Waals surface area contributed by atoms with E-state index in [1.807, 2.05) is 24.3 Å². The number of para-hydroxylation sites is 1. The fraction of sp³-hybridized carbons (Fsp3) is 0.294. The van der Waals surface area contributed by atoms with Crippen molar-refractivity contribution in [2.24, 2.45) is 5.73 Å². The number of hydrogen-bond acceptors (Lipinski definition) is 2. The lowest BCUT2D eigenvalue weighted by molar-refractivity contribution is 0.212. The molecule has 1 atom stereocenters. The lowest BCUT2D eigenvalue weighted by atomic mass is 10.1. The van der Waals surface area contributed by atoms with E-state index >= 15 is 0 Å². The second kappa shape index (κ2) is 6.39. The van der Waals surface area contributed by atoms with Gasteiger partial charge in [0.15, 0.2) is 0 Å². The Bertz CT molecular complexity index is 536. The minimum Gasteiger partial charge on any atom is -0.484 e. The predicted molar refractivity (Wildman–Crippen MR) is 79.4 cm³/mol. The highest BCUT2D eigenvalue weighted by Crippen LogP contribution is 2.25. The highest BCUT2D eigenvalue weighted by Gasteiger charge is 2.13. The van der Waals surface area contributed by atoms with Crippen LogP contribution in [0.1, 0.15) is 29.7 Å². The molecule has 2 N–H and O–H groups in total. The van der Waals surface area contributed by atoms with Gasteiger partial charge in [0.2, 0.25) is 0 Å². The summed E-state index contributed by atoms with van der Waals surface area (Å²) in [6.07, 6.45) is 0.869. The van der Waals surface area contributed by atoms with Crippen molar-refractivity contribution in [3.63, 3.8) is 0 Å². The van der Waals surface area contributed by atoms with Gasteiger partial charge in [-0.3, -0.25) is 0 Å². The van der Waals surface area contributed by atoms with Crippen molar-refractivity contribution >= 4 is 0 Å². The molecule has 2 nitrogen and oxygen atoms in total. The third kappa shape index (κ3) is 3.36. The quantitative estimate of drug-likeness (QED) is 0.885. The van der Waals surface area contributed by atoms with E-state index in [0.29, 0.717) is 6.54 Å². The van der Waals surface area contributed by atoms with Crippen molar-refractivity contribution in [1.82, 2.24) is 0 Å². The molecule has 0 aliphatic rings. The third-order valence-corrected chi connectivity index (χ3v) is 3.25. The standard InChI is InChI=1S/C17H21NO/c1-3-14-8-4-5-10-16(14)19-17(12-18)15-9-6-7-13(2)11-15/h4-11,17H,3,12,18H2,1-2H3. The molecule has 0 spiro atoms. The van der Waals surface area contributed by atoms with Crippen LogP contribution in [-0.2, 0) is 6.42 Å². The molecule has 0 saturated carbocycles. The fourth-order valence-corrected chi connectivity index (χ4v) is 2.19. The molecule has 19 heavy (non-hydrogen) atoms. The number of benzene rings is 2. The Kier molecular flexibility index (Phi) is 4.58. The van der Waals surface area contributed by atoms with Gasteiger partial charge in [-0.15, -0.1) is 0 Å². The van der Waals surface area contributed by atoms with Gasteiger partial charge in [0, 0.05) is 6.54 Å². The van der Waals surface area contributed by atoms with Crippen LogP contribution < -0.4 is 10.5 Å². The maximum Gasteiger partial charge on any atom is 0.136 e. The van der Waals surface area contributed by atoms with Crippen molar-refractivity contribution in [3.05, 3.63) is 65.2 Å². The Morgan fingerprint density at radius 3 is 2.58 bits per heavy atom. The van der Waals surface area contributed by atoms with Crippen LogP contribution in [0.15, 0.2) is 48.5 Å². The molecule has 2 heteroatoms. The summed E-state index contributed by atoms with van der Waals surface area (Å²) < 4.78 is 6.10. The summed E-state index contributed by atoms with van der Waals surface area (Å²) in [6.45, 7) is 4.69. The first-order chi connectivity index (χ1) is 9.24. The molecule has 0 aliphatic heterocycles. The van der Waals surface area contributed by atoms with Crippen LogP contribution in [-0.4, -0.2) is 6.54 Å². The largest absolute Gasteiger partial charge is 0.484 e. The van der Waals surface area contributed by atoms with E-state index in [2.05, 4.69) is 38.1 Å². The summed E-state index contributed by atoms with van der Waals surface area (Å²) in [6, 6.07) is 16.5. The Morgan fingerprint density at radius 2 is 1.89 bits per heavy atom. The van der Waals surface area contributed by atoms with Crippen LogP contribution in [0.5, 0.6) is 5.75 Å². The molecule has 0 amide bonds. The van der Waals surface area contributed by atoms with E-state index < -0.39 is 0 Å². The summed E-state index contributed by atoms with van der Waals surface area (Å²) in [5, 5.41) is 0. The highest BCUT2D eigenvalue weighted by molar-refractivity contribution is 5.34. The first-order valence-electron chi connectivity index (χ1n) is 6.75. The van der Waals surface area contributed by atoms with E-state index in [4.69, 9.17) is 10.5 Å². The van der Waals surface area contributed by atoms with E-state index in [1.54, 1.807) is 0 Å². The molecular formula is C17H21NO. The fourth-order valence-electron chi connectivity index (χ4n) is 2.19. The Morgan fingerprint density at radius 1 is 1.11 bits per heavy atom. The van der Waals surface area contributed by atoms with Crippen molar-refractivity contribution in [1.29, 1.82) is 0 Å². The topological polar surface area (TPSA) is 35.2 Å². The molecule has 0 bridgehead atoms. The SMILES string of the molecule is CCc1ccccc1OC(CN)c1cccc(C)c1. The van der Waals surface area contributed by atoms with Crippen LogP contribution in [0.2, 0.25) is 0 Å². The summed E-state index contributed by atoms with van der Waals surface area (Å²) in [4.78, 5) is 0. The molecule has 0 radical (unpaired) electrons. The number of nitrogens with two attached hydrogens (primary N) is 1. The van der Waals surface area contributed by atoms with Gasteiger partial charge in [0.1, 0.15) is 11.9 Å². The van der Waals surface area contributed by atoms with Gasteiger partial charge < -0.3 is 10.5 Å². The molecule has 0 aromatic heterocycles. The van der Waals surface area contributed by atoms with Crippen molar-refractivity contribution in [3.8, 4) is 5.75 Å². The maximum atomic E-state index is 6.10. The monoisotopic (exact) mass is 255 g/mol. The van der Waals surface area contributed by atoms with Gasteiger partial charge in [0.25, 0.3) is 0 Å². The molecule has 0 aliphatic carbocycles. The van der Waals surface area contributed by atoms with Gasteiger partial charge >= 0.3 is 0 Å². The minimum atomic E-state index is -0.0902. The molecule has 2 rings (SSSR count). The van der Waals surface area contributed by atoms with Crippen molar-refractivity contribution < 1.29 is 4.74 Å². The number of aryl methyl sites for hydroxylation is 2. The third-order valence-electron chi connectivity index (χ3n) is 3.25. The molecule has 0 saturated heterocycles. The molecule has 0 fully saturated rings. The van der Waals surface area contributed by atoms with Gasteiger partial charge in [-0.2, -0.15) is 0 Å². The zero-order chi connectivity index (χ0) is 13.7. The zero-order valence-electron chi connectivity index (χ0n) is 11.6. The summed E-state index contributed by atoms with van der Waals surface area (Å²) in [7, 11) is 0. The van der Waals surface area contributed by atoms with Crippen molar-refractivity contribution in [2.45, 2.75) is 26.4 Å². The highest BCUT2D eigenvalue weighted by atomic mass is 16.5. The summed E-state index contributed by atoms with van der Waals surface area (Å²) in [5.41, 5.74) is 9.44. The summed E-state index contributed by atoms with van der Waals surface area (Å²) in [5.74, 6) is 0.932. The second-order valence-electron chi connectivity index (χ2n) is 4.72. The zero-order valence-corrected chi connectivity index (χ0v) is 11.6. The molecule has 2 aromatic rings. The average molecular weight is 255 g/mol. The normalized spacial score (nSPS) is 12.2. The Hall–Kier alpha value is -1.80. The van der Waals surface area contributed by atoms with Crippen LogP contribution in [0.3, 0.4) is 0 Å². The van der Waals surface area contributed by atoms with Gasteiger partial charge in [0.05, 0.1) is 0 Å². The Balaban J connectivity index is 2.24. The van der Waals surface area contributed by atoms with Crippen molar-refractivity contribution in [2.75, 3.05) is 6.54 Å². The number of ether oxygens (including phenoxy) is 1. The molecule has 0 heterocycles. The van der Waals surface area contributed by atoms with Gasteiger partial charge in [-0.1, -0.05) is 55.0 Å². The van der Waals surface area contributed by atoms with Crippen LogP contribution >= 0.6 is 0 Å². The maximum absolute atomic E-state index is 6.10. The molecule has 2 aromatic carbocycles. The first kappa shape index (κ1) is 13.6. The van der Waals surface area contributed by atoms with E-state index in [9.17, 15) is 0 Å². The van der Waals surface area contributed by atoms with E-state index in [0.717, 1.165) is 17.7 Å². The smallest absolute Gasteiger partial charge is 0.136 e. The van der Waals surface area contributed by atoms with E-state index in [1.165, 1.54) is 11.1 Å². The van der Waals surface area contributed by atoms with Gasteiger partial charge in [-0.25, -0.2) is 0 Å². The molecule has 1 unspecified atom stereocenters. The lowest BCUT2D eigenvalue weighted by Gasteiger charge is -2.20. The first-order valence-corrected chi connectivity index (χ1v) is 6.75. The van der Waals surface area contributed by atoms with Crippen LogP contribution in [0, 0.1) is 6.92 Å². The van der Waals surface area contributed by atoms with Gasteiger partial charge in [-0.05, 0) is 30.5 Å². The molecule has 100 valence electrons.